The number of benzene rings is 1. The number of nitrogens with zero attached hydrogens (tertiary/aromatic N) is 2. The number of aromatic nitrogens is 2. The number of rotatable bonds is 3. The Balaban J connectivity index is 1.53. The second-order valence-electron chi connectivity index (χ2n) is 5.03. The molecule has 0 unspecified atom stereocenters. The third-order valence-electron chi connectivity index (χ3n) is 3.40. The average molecular weight is 320 g/mol. The smallest absolute Gasteiger partial charge is 0.320 e. The molecule has 114 valence electrons. The van der Waals surface area contributed by atoms with E-state index in [0.717, 1.165) is 5.56 Å². The average Bonchev–Trinajstić information content (AvgIpc) is 3.19. The topological polar surface area (TPSA) is 83.7 Å². The Labute approximate surface area is 129 Å². The van der Waals surface area contributed by atoms with Crippen LogP contribution in [0.3, 0.4) is 0 Å². The Hall–Kier alpha value is -2.22. The van der Waals surface area contributed by atoms with Crippen molar-refractivity contribution < 1.29 is 23.4 Å². The zero-order chi connectivity index (χ0) is 15.1. The molecule has 0 aliphatic carbocycles. The fraction of sp³-hybridized carbons (Fsp3) is 0.357. The molecule has 0 spiro atoms. The lowest BCUT2D eigenvalue weighted by Gasteiger charge is -2.00. The summed E-state index contributed by atoms with van der Waals surface area (Å²) < 4.78 is 21.3. The Morgan fingerprint density at radius 1 is 1.23 bits per heavy atom. The first kappa shape index (κ1) is 13.4. The molecular formula is C14H12N2O5S. The molecule has 0 N–H and O–H groups in total. The van der Waals surface area contributed by atoms with Crippen molar-refractivity contribution in [3.63, 3.8) is 0 Å². The number of hydrogen-bond donors (Lipinski definition) is 0. The lowest BCUT2D eigenvalue weighted by atomic mass is 10.2. The minimum Gasteiger partial charge on any atom is -0.462 e. The molecule has 1 aromatic carbocycles. The van der Waals surface area contributed by atoms with Crippen LogP contribution in [0.4, 0.5) is 0 Å². The number of carbonyl (C=O) groups excluding carboxylic acids is 1. The highest BCUT2D eigenvalue weighted by molar-refractivity contribution is 8.00. The molecule has 8 heteroatoms. The van der Waals surface area contributed by atoms with Crippen LogP contribution in [0.5, 0.6) is 11.5 Å². The Kier molecular flexibility index (Phi) is 3.18. The van der Waals surface area contributed by atoms with Crippen molar-refractivity contribution in [2.75, 3.05) is 6.79 Å². The minimum atomic E-state index is -0.292. The van der Waals surface area contributed by atoms with Crippen LogP contribution in [-0.2, 0) is 9.53 Å². The van der Waals surface area contributed by atoms with Crippen molar-refractivity contribution in [1.82, 2.24) is 10.2 Å². The normalized spacial score (nSPS) is 22.9. The van der Waals surface area contributed by atoms with Gasteiger partial charge in [-0.1, -0.05) is 0 Å². The van der Waals surface area contributed by atoms with Crippen molar-refractivity contribution in [2.24, 2.45) is 0 Å². The van der Waals surface area contributed by atoms with E-state index in [1.165, 1.54) is 11.8 Å². The maximum absolute atomic E-state index is 11.6. The molecule has 1 fully saturated rings. The number of hydrogen-bond acceptors (Lipinski definition) is 8. The molecule has 22 heavy (non-hydrogen) atoms. The number of esters is 1. The molecule has 2 atom stereocenters. The van der Waals surface area contributed by atoms with Gasteiger partial charge in [-0.25, -0.2) is 0 Å². The van der Waals surface area contributed by atoms with E-state index in [9.17, 15) is 4.79 Å². The Morgan fingerprint density at radius 3 is 2.91 bits per heavy atom. The molecule has 2 aliphatic heterocycles. The maximum atomic E-state index is 11.6. The molecule has 0 amide bonds. The van der Waals surface area contributed by atoms with E-state index in [-0.39, 0.29) is 24.1 Å². The molecule has 1 saturated heterocycles. The van der Waals surface area contributed by atoms with Gasteiger partial charge in [-0.05, 0) is 36.9 Å². The number of fused-ring (bicyclic) bond motifs is 1. The minimum absolute atomic E-state index is 0.0683. The predicted molar refractivity (Wildman–Crippen MR) is 75.7 cm³/mol. The lowest BCUT2D eigenvalue weighted by Crippen LogP contribution is -2.09. The van der Waals surface area contributed by atoms with Crippen LogP contribution >= 0.6 is 11.8 Å². The van der Waals surface area contributed by atoms with E-state index in [1.54, 1.807) is 12.1 Å². The largest absolute Gasteiger partial charge is 0.462 e. The first-order valence-electron chi connectivity index (χ1n) is 6.80. The summed E-state index contributed by atoms with van der Waals surface area (Å²) in [6.45, 7) is 2.08. The molecule has 0 bridgehead atoms. The van der Waals surface area contributed by atoms with Crippen LogP contribution in [0.1, 0.15) is 13.3 Å². The predicted octanol–water partition coefficient (Wildman–Crippen LogP) is 2.26. The first-order chi connectivity index (χ1) is 10.7. The second-order valence-corrected chi connectivity index (χ2v) is 6.18. The SMILES string of the molecule is C[C@H]1C[C@@H](Sc2nnc(-c3ccc4c(c3)OCO4)o2)C(=O)O1. The number of carbonyl (C=O) groups is 1. The van der Waals surface area contributed by atoms with Gasteiger partial charge in [0.25, 0.3) is 5.22 Å². The van der Waals surface area contributed by atoms with Crippen LogP contribution in [0, 0.1) is 0 Å². The third kappa shape index (κ3) is 2.39. The zero-order valence-corrected chi connectivity index (χ0v) is 12.5. The molecule has 1 aromatic heterocycles. The number of ether oxygens (including phenoxy) is 3. The summed E-state index contributed by atoms with van der Waals surface area (Å²) in [5, 5.41) is 8.05. The van der Waals surface area contributed by atoms with Crippen molar-refractivity contribution in [3.05, 3.63) is 18.2 Å². The van der Waals surface area contributed by atoms with Crippen LogP contribution in [0.25, 0.3) is 11.5 Å². The summed E-state index contributed by atoms with van der Waals surface area (Å²) in [7, 11) is 0. The van der Waals surface area contributed by atoms with Crippen molar-refractivity contribution in [1.29, 1.82) is 0 Å². The highest BCUT2D eigenvalue weighted by Gasteiger charge is 2.34. The van der Waals surface area contributed by atoms with E-state index in [4.69, 9.17) is 18.6 Å². The van der Waals surface area contributed by atoms with Crippen LogP contribution in [0.15, 0.2) is 27.8 Å². The van der Waals surface area contributed by atoms with E-state index >= 15 is 0 Å². The summed E-state index contributed by atoms with van der Waals surface area (Å²) in [5.41, 5.74) is 0.742. The molecule has 0 radical (unpaired) electrons. The Morgan fingerprint density at radius 2 is 2.09 bits per heavy atom. The number of thioether (sulfide) groups is 1. The fourth-order valence-corrected chi connectivity index (χ4v) is 3.32. The second kappa shape index (κ2) is 5.20. The molecule has 7 nitrogen and oxygen atoms in total. The van der Waals surface area contributed by atoms with Crippen molar-refractivity contribution >= 4 is 17.7 Å². The summed E-state index contributed by atoms with van der Waals surface area (Å²) in [4.78, 5) is 11.6. The van der Waals surface area contributed by atoms with Gasteiger partial charge in [-0.2, -0.15) is 0 Å². The van der Waals surface area contributed by atoms with Gasteiger partial charge >= 0.3 is 5.97 Å². The highest BCUT2D eigenvalue weighted by atomic mass is 32.2. The van der Waals surface area contributed by atoms with E-state index in [0.29, 0.717) is 29.0 Å². The summed E-state index contributed by atoms with van der Waals surface area (Å²) in [5.74, 6) is 1.49. The monoisotopic (exact) mass is 320 g/mol. The van der Waals surface area contributed by atoms with Gasteiger partial charge in [0.15, 0.2) is 11.5 Å². The van der Waals surface area contributed by atoms with Crippen LogP contribution in [0.2, 0.25) is 0 Å². The van der Waals surface area contributed by atoms with Gasteiger partial charge in [0.05, 0.1) is 0 Å². The van der Waals surface area contributed by atoms with Crippen molar-refractivity contribution in [3.8, 4) is 23.0 Å². The zero-order valence-electron chi connectivity index (χ0n) is 11.6. The molecule has 4 rings (SSSR count). The van der Waals surface area contributed by atoms with Gasteiger partial charge in [0.1, 0.15) is 11.4 Å². The van der Waals surface area contributed by atoms with E-state index < -0.39 is 0 Å². The van der Waals surface area contributed by atoms with Gasteiger partial charge in [0.2, 0.25) is 12.7 Å². The molecule has 3 heterocycles. The lowest BCUT2D eigenvalue weighted by molar-refractivity contribution is -0.140. The van der Waals surface area contributed by atoms with Gasteiger partial charge in [-0.3, -0.25) is 4.79 Å². The van der Waals surface area contributed by atoms with Crippen LogP contribution < -0.4 is 9.47 Å². The van der Waals surface area contributed by atoms with Crippen molar-refractivity contribution in [2.45, 2.75) is 29.9 Å². The molecule has 2 aromatic rings. The summed E-state index contributed by atoms with van der Waals surface area (Å²) >= 11 is 1.23. The molecule has 2 aliphatic rings. The Bertz CT molecular complexity index is 732. The summed E-state index contributed by atoms with van der Waals surface area (Å²) in [6.07, 6.45) is 0.576. The number of cyclic esters (lactones) is 1. The van der Waals surface area contributed by atoms with Crippen LogP contribution in [-0.4, -0.2) is 34.3 Å². The first-order valence-corrected chi connectivity index (χ1v) is 7.68. The van der Waals surface area contributed by atoms with Gasteiger partial charge in [-0.15, -0.1) is 10.2 Å². The maximum Gasteiger partial charge on any atom is 0.320 e. The quantitative estimate of drug-likeness (QED) is 0.796. The molecular weight excluding hydrogens is 308 g/mol. The highest BCUT2D eigenvalue weighted by Crippen LogP contribution is 2.37. The van der Waals surface area contributed by atoms with E-state index in [1.807, 2.05) is 13.0 Å². The van der Waals surface area contributed by atoms with Gasteiger partial charge < -0.3 is 18.6 Å². The third-order valence-corrected chi connectivity index (χ3v) is 4.43. The standard InChI is InChI=1S/C14H12N2O5S/c1-7-4-11(13(17)20-7)22-14-16-15-12(21-14)8-2-3-9-10(5-8)19-6-18-9/h2-3,5,7,11H,4,6H2,1H3/t7-,11+/m0/s1. The molecule has 0 saturated carbocycles. The van der Waals surface area contributed by atoms with Gasteiger partial charge in [0, 0.05) is 12.0 Å². The van der Waals surface area contributed by atoms with E-state index in [2.05, 4.69) is 10.2 Å². The fourth-order valence-electron chi connectivity index (χ4n) is 2.34. The summed E-state index contributed by atoms with van der Waals surface area (Å²) in [6, 6.07) is 5.41.